The van der Waals surface area contributed by atoms with Crippen molar-refractivity contribution in [3.63, 3.8) is 0 Å². The fourth-order valence-corrected chi connectivity index (χ4v) is 3.60. The number of rotatable bonds is 4. The Morgan fingerprint density at radius 1 is 1.47 bits per heavy atom. The van der Waals surface area contributed by atoms with Crippen molar-refractivity contribution in [2.75, 3.05) is 23.9 Å². The Labute approximate surface area is 86.3 Å². The summed E-state index contributed by atoms with van der Waals surface area (Å²) in [6.07, 6.45) is 1.50. The van der Waals surface area contributed by atoms with E-state index < -0.39 is 15.5 Å². The number of aromatic nitrogens is 2. The van der Waals surface area contributed by atoms with Gasteiger partial charge in [-0.05, 0) is 11.5 Å². The Hall–Kier alpha value is -0.850. The van der Waals surface area contributed by atoms with Gasteiger partial charge in [-0.15, -0.1) is 10.0 Å². The van der Waals surface area contributed by atoms with Crippen LogP contribution in [0.15, 0.2) is 12.3 Å². The number of halogens is 3. The molecule has 3 nitrogen and oxygen atoms in total. The quantitative estimate of drug-likeness (QED) is 0.819. The Morgan fingerprint density at radius 3 is 2.67 bits per heavy atom. The molecule has 0 atom stereocenters. The molecule has 0 bridgehead atoms. The van der Waals surface area contributed by atoms with Gasteiger partial charge < -0.3 is 4.74 Å². The maximum Gasteiger partial charge on any atom is 0.426 e. The minimum absolute atomic E-state index is 0.107. The number of H-pyrrole nitrogens is 1. The van der Waals surface area contributed by atoms with Crippen molar-refractivity contribution in [1.29, 1.82) is 0 Å². The molecule has 0 radical (unpaired) electrons. The summed E-state index contributed by atoms with van der Waals surface area (Å²) in [4.78, 5) is 0. The third-order valence-corrected chi connectivity index (χ3v) is 5.72. The maximum atomic E-state index is 12.5. The molecule has 1 aliphatic heterocycles. The molecule has 0 spiro atoms. The molecular weight excluding hydrogens is 229 g/mol. The lowest BCUT2D eigenvalue weighted by molar-refractivity contribution is -0.0363. The number of hydrogen-bond donors (Lipinski definition) is 1. The van der Waals surface area contributed by atoms with Gasteiger partial charge in [-0.3, -0.25) is 0 Å². The summed E-state index contributed by atoms with van der Waals surface area (Å²) in [6, 6.07) is 1.59. The Balaban J connectivity index is 1.79. The molecule has 1 aromatic rings. The summed E-state index contributed by atoms with van der Waals surface area (Å²) in [6.45, 7) is 0.108. The highest BCUT2D eigenvalue weighted by atomic mass is 32.3. The average molecular weight is 240 g/mol. The van der Waals surface area contributed by atoms with Crippen LogP contribution in [0.3, 0.4) is 0 Å². The molecule has 2 rings (SSSR count). The number of nitrogens with zero attached hydrogens (tertiary/aromatic N) is 1. The van der Waals surface area contributed by atoms with Crippen LogP contribution >= 0.6 is 10.0 Å². The van der Waals surface area contributed by atoms with Gasteiger partial charge in [0.05, 0.1) is 12.8 Å². The van der Waals surface area contributed by atoms with Gasteiger partial charge in [0.25, 0.3) is 0 Å². The van der Waals surface area contributed by atoms with Crippen molar-refractivity contribution in [2.24, 2.45) is 0 Å². The van der Waals surface area contributed by atoms with Crippen LogP contribution in [0.1, 0.15) is 0 Å². The number of nitrogens with one attached hydrogen (secondary N) is 1. The van der Waals surface area contributed by atoms with Crippen molar-refractivity contribution in [2.45, 2.75) is 5.51 Å². The first kappa shape index (κ1) is 10.7. The fraction of sp³-hybridized carbons (Fsp3) is 0.625. The highest BCUT2D eigenvalue weighted by Gasteiger charge is 2.57. The first-order valence-corrected chi connectivity index (χ1v) is 6.62. The van der Waals surface area contributed by atoms with E-state index in [0.29, 0.717) is 17.4 Å². The van der Waals surface area contributed by atoms with Crippen LogP contribution in [-0.2, 0) is 0 Å². The molecule has 0 aliphatic carbocycles. The van der Waals surface area contributed by atoms with Crippen LogP contribution in [-0.4, -0.2) is 39.6 Å². The van der Waals surface area contributed by atoms with Crippen LogP contribution < -0.4 is 4.74 Å². The standard InChI is InChI=1S/C8H11F3N2OS/c9-8(10,11)15(5-6-15)4-3-14-7-1-2-12-13-7/h1-2H,3-6H2,(H,12,13). The summed E-state index contributed by atoms with van der Waals surface area (Å²) < 4.78 is 42.7. The second-order valence-corrected chi connectivity index (χ2v) is 7.15. The molecule has 1 fully saturated rings. The minimum atomic E-state index is -4.01. The molecule has 7 heteroatoms. The van der Waals surface area contributed by atoms with Crippen LogP contribution in [0.5, 0.6) is 5.88 Å². The lowest BCUT2D eigenvalue weighted by Crippen LogP contribution is -2.17. The maximum absolute atomic E-state index is 12.5. The average Bonchev–Trinajstić information content (AvgIpc) is 2.75. The predicted molar refractivity (Wildman–Crippen MR) is 52.3 cm³/mol. The van der Waals surface area contributed by atoms with Gasteiger partial charge in [0.15, 0.2) is 0 Å². The summed E-state index contributed by atoms with van der Waals surface area (Å²) in [5.74, 6) is 1.15. The topological polar surface area (TPSA) is 37.9 Å². The van der Waals surface area contributed by atoms with Gasteiger partial charge >= 0.3 is 5.51 Å². The molecule has 1 saturated heterocycles. The lowest BCUT2D eigenvalue weighted by Gasteiger charge is -2.23. The van der Waals surface area contributed by atoms with Gasteiger partial charge in [-0.2, -0.15) is 18.3 Å². The second-order valence-electron chi connectivity index (χ2n) is 3.37. The number of aromatic amines is 1. The van der Waals surface area contributed by atoms with Crippen molar-refractivity contribution < 1.29 is 17.9 Å². The van der Waals surface area contributed by atoms with Crippen molar-refractivity contribution in [3.8, 4) is 5.88 Å². The van der Waals surface area contributed by atoms with E-state index in [1.807, 2.05) is 0 Å². The molecular formula is C8H11F3N2OS. The smallest absolute Gasteiger partial charge is 0.426 e. The van der Waals surface area contributed by atoms with Gasteiger partial charge in [-0.1, -0.05) is 0 Å². The molecule has 1 N–H and O–H groups in total. The molecule has 86 valence electrons. The Kier molecular flexibility index (Phi) is 2.57. The zero-order valence-corrected chi connectivity index (χ0v) is 8.70. The molecule has 0 amide bonds. The second kappa shape index (κ2) is 3.62. The molecule has 0 unspecified atom stereocenters. The van der Waals surface area contributed by atoms with E-state index in [9.17, 15) is 13.2 Å². The monoisotopic (exact) mass is 240 g/mol. The summed E-state index contributed by atoms with van der Waals surface area (Å²) in [5.41, 5.74) is -4.01. The third-order valence-electron chi connectivity index (χ3n) is 2.39. The lowest BCUT2D eigenvalue weighted by atomic mass is 10.7. The molecule has 0 aromatic carbocycles. The highest BCUT2D eigenvalue weighted by molar-refractivity contribution is 8.40. The normalized spacial score (nSPS) is 21.0. The van der Waals surface area contributed by atoms with Crippen molar-refractivity contribution in [1.82, 2.24) is 10.2 Å². The van der Waals surface area contributed by atoms with E-state index in [2.05, 4.69) is 10.2 Å². The summed E-state index contributed by atoms with van der Waals surface area (Å²) >= 11 is 0. The largest absolute Gasteiger partial charge is 0.477 e. The van der Waals surface area contributed by atoms with Crippen LogP contribution in [0, 0.1) is 0 Å². The molecule has 0 saturated carbocycles. The van der Waals surface area contributed by atoms with E-state index in [1.54, 1.807) is 6.07 Å². The molecule has 2 heterocycles. The summed E-state index contributed by atoms with van der Waals surface area (Å²) in [7, 11) is -2.36. The number of hydrogen-bond acceptors (Lipinski definition) is 2. The van der Waals surface area contributed by atoms with E-state index in [0.717, 1.165) is 0 Å². The summed E-state index contributed by atoms with van der Waals surface area (Å²) in [5, 5.41) is 6.17. The third kappa shape index (κ3) is 2.22. The minimum Gasteiger partial charge on any atom is -0.477 e. The SMILES string of the molecule is FC(F)(F)S1(CCOc2ccn[nH]2)CC1. The van der Waals surface area contributed by atoms with Gasteiger partial charge in [0, 0.05) is 11.8 Å². The Bertz CT molecular complexity index is 321. The van der Waals surface area contributed by atoms with Crippen molar-refractivity contribution in [3.05, 3.63) is 12.3 Å². The molecule has 1 aromatic heterocycles. The van der Waals surface area contributed by atoms with Crippen LogP contribution in [0.2, 0.25) is 0 Å². The zero-order chi connectivity index (χ0) is 10.9. The highest BCUT2D eigenvalue weighted by Crippen LogP contribution is 2.72. The van der Waals surface area contributed by atoms with E-state index in [-0.39, 0.29) is 12.4 Å². The van der Waals surface area contributed by atoms with E-state index >= 15 is 0 Å². The Morgan fingerprint density at radius 2 is 2.20 bits per heavy atom. The predicted octanol–water partition coefficient (Wildman–Crippen LogP) is 2.13. The van der Waals surface area contributed by atoms with E-state index in [1.165, 1.54) is 6.20 Å². The van der Waals surface area contributed by atoms with E-state index in [4.69, 9.17) is 4.74 Å². The van der Waals surface area contributed by atoms with Crippen LogP contribution in [0.4, 0.5) is 13.2 Å². The number of ether oxygens (including phenoxy) is 1. The number of alkyl halides is 3. The van der Waals surface area contributed by atoms with Crippen molar-refractivity contribution >= 4 is 10.0 Å². The van der Waals surface area contributed by atoms with Crippen LogP contribution in [0.25, 0.3) is 0 Å². The fourth-order valence-electron chi connectivity index (χ4n) is 1.29. The van der Waals surface area contributed by atoms with Gasteiger partial charge in [0.2, 0.25) is 5.88 Å². The van der Waals surface area contributed by atoms with Gasteiger partial charge in [-0.25, -0.2) is 5.10 Å². The molecule has 15 heavy (non-hydrogen) atoms. The first-order valence-electron chi connectivity index (χ1n) is 4.48. The molecule has 1 aliphatic rings. The zero-order valence-electron chi connectivity index (χ0n) is 7.88. The first-order chi connectivity index (χ1) is 7.04. The van der Waals surface area contributed by atoms with Gasteiger partial charge in [0.1, 0.15) is 0 Å².